The lowest BCUT2D eigenvalue weighted by Gasteiger charge is -2.10. The molecule has 126 valence electrons. The molecule has 2 aromatic carbocycles. The van der Waals surface area contributed by atoms with Crippen LogP contribution in [0.5, 0.6) is 0 Å². The zero-order valence-corrected chi connectivity index (χ0v) is 11.4. The number of rotatable bonds is 0. The first-order chi connectivity index (χ1) is 11.0. The molecule has 0 aliphatic rings. The zero-order valence-electron chi connectivity index (χ0n) is 11.4. The molecule has 1 heterocycles. The molecule has 4 nitrogen and oxygen atoms in total. The molecule has 0 radical (unpaired) electrons. The van der Waals surface area contributed by atoms with Crippen molar-refractivity contribution in [2.24, 2.45) is 0 Å². The second-order valence-electron chi connectivity index (χ2n) is 5.01. The van der Waals surface area contributed by atoms with Crippen molar-refractivity contribution >= 4 is 21.8 Å². The number of nitrogens with zero attached hydrogens (tertiary/aromatic N) is 2. The van der Waals surface area contributed by atoms with Gasteiger partial charge in [-0.05, 0) is 24.3 Å². The Bertz CT molecular complexity index is 887. The third-order valence-corrected chi connectivity index (χ3v) is 3.52. The van der Waals surface area contributed by atoms with Gasteiger partial charge in [-0.1, -0.05) is 0 Å². The van der Waals surface area contributed by atoms with Crippen LogP contribution in [-0.4, -0.2) is 0 Å². The van der Waals surface area contributed by atoms with Crippen LogP contribution in [-0.2, 0) is 12.4 Å². The predicted molar refractivity (Wildman–Crippen MR) is 69.4 cm³/mol. The fourth-order valence-corrected chi connectivity index (χ4v) is 2.38. The minimum Gasteiger partial charge on any atom is -0.561 e. The lowest BCUT2D eigenvalue weighted by atomic mass is 10.0. The molecule has 0 N–H and O–H groups in total. The quantitative estimate of drug-likeness (QED) is 0.271. The number of fused-ring (bicyclic) bond motifs is 3. The molecule has 0 saturated carbocycles. The van der Waals surface area contributed by atoms with Crippen LogP contribution in [0.2, 0.25) is 0 Å². The lowest BCUT2D eigenvalue weighted by Crippen LogP contribution is -2.61. The number of hydrogen-bond acceptors (Lipinski definition) is 2. The van der Waals surface area contributed by atoms with Crippen LogP contribution in [0, 0.1) is 10.4 Å². The summed E-state index contributed by atoms with van der Waals surface area (Å²) in [5, 5.41) is 23.7. The van der Waals surface area contributed by atoms with E-state index in [4.69, 9.17) is 0 Å². The Kier molecular flexibility index (Phi) is 3.26. The summed E-state index contributed by atoms with van der Waals surface area (Å²) in [7, 11) is 0. The lowest BCUT2D eigenvalue weighted by molar-refractivity contribution is -1.16. The fourth-order valence-electron chi connectivity index (χ4n) is 2.38. The summed E-state index contributed by atoms with van der Waals surface area (Å²) in [5.41, 5.74) is -3.48. The SMILES string of the molecule is [O-][n+]1c2cc(C(F)(F)F)ccc2c2ccc(C(F)(F)F)cc2[n+]1[O-]. The summed E-state index contributed by atoms with van der Waals surface area (Å²) in [5.74, 6) is 0. The minimum absolute atomic E-state index is 0.0613. The Labute approximate surface area is 129 Å². The van der Waals surface area contributed by atoms with Crippen LogP contribution < -0.4 is 9.69 Å². The molecule has 0 aliphatic carbocycles. The first-order valence-corrected chi connectivity index (χ1v) is 6.37. The number of alkyl halides is 6. The molecule has 3 aromatic rings. The van der Waals surface area contributed by atoms with Gasteiger partial charge in [0.15, 0.2) is 0 Å². The molecule has 0 saturated heterocycles. The van der Waals surface area contributed by atoms with Crippen LogP contribution >= 0.6 is 0 Å². The average molecular weight is 348 g/mol. The molecule has 0 atom stereocenters. The van der Waals surface area contributed by atoms with E-state index in [-0.39, 0.29) is 10.8 Å². The first-order valence-electron chi connectivity index (χ1n) is 6.37. The third kappa shape index (κ3) is 2.43. The van der Waals surface area contributed by atoms with Gasteiger partial charge in [0.05, 0.1) is 31.6 Å². The van der Waals surface area contributed by atoms with Crippen molar-refractivity contribution in [3.05, 3.63) is 57.9 Å². The summed E-state index contributed by atoms with van der Waals surface area (Å²) < 4.78 is 76.3. The van der Waals surface area contributed by atoms with E-state index in [9.17, 15) is 36.8 Å². The molecule has 24 heavy (non-hydrogen) atoms. The Morgan fingerprint density at radius 1 is 0.625 bits per heavy atom. The van der Waals surface area contributed by atoms with E-state index in [0.717, 1.165) is 12.1 Å². The third-order valence-electron chi connectivity index (χ3n) is 3.52. The topological polar surface area (TPSA) is 53.9 Å². The van der Waals surface area contributed by atoms with E-state index in [2.05, 4.69) is 0 Å². The molecular formula is C14H6F6N2O2. The van der Waals surface area contributed by atoms with E-state index in [1.54, 1.807) is 0 Å². The van der Waals surface area contributed by atoms with E-state index < -0.39 is 44.2 Å². The smallest absolute Gasteiger partial charge is 0.416 e. The number of hydrogen-bond donors (Lipinski definition) is 0. The highest BCUT2D eigenvalue weighted by Crippen LogP contribution is 2.34. The Balaban J connectivity index is 2.40. The van der Waals surface area contributed by atoms with Gasteiger partial charge in [-0.3, -0.25) is 0 Å². The molecular weight excluding hydrogens is 342 g/mol. The van der Waals surface area contributed by atoms with Crippen molar-refractivity contribution in [1.82, 2.24) is 0 Å². The molecule has 0 bridgehead atoms. The first kappa shape index (κ1) is 16.1. The largest absolute Gasteiger partial charge is 0.561 e. The van der Waals surface area contributed by atoms with Gasteiger partial charge in [0.25, 0.3) is 11.0 Å². The fraction of sp³-hybridized carbons (Fsp3) is 0.143. The van der Waals surface area contributed by atoms with Crippen molar-refractivity contribution in [2.75, 3.05) is 0 Å². The highest BCUT2D eigenvalue weighted by Gasteiger charge is 2.35. The Morgan fingerprint density at radius 3 is 1.25 bits per heavy atom. The van der Waals surface area contributed by atoms with Gasteiger partial charge < -0.3 is 10.4 Å². The van der Waals surface area contributed by atoms with E-state index in [1.165, 1.54) is 0 Å². The maximum absolute atomic E-state index is 12.7. The highest BCUT2D eigenvalue weighted by molar-refractivity contribution is 6.01. The van der Waals surface area contributed by atoms with Crippen LogP contribution in [0.25, 0.3) is 21.8 Å². The van der Waals surface area contributed by atoms with Crippen molar-refractivity contribution < 1.29 is 36.0 Å². The zero-order chi connectivity index (χ0) is 17.9. The summed E-state index contributed by atoms with van der Waals surface area (Å²) in [6, 6.07) is 4.23. The summed E-state index contributed by atoms with van der Waals surface area (Å²) in [4.78, 5) is -0.819. The monoisotopic (exact) mass is 348 g/mol. The van der Waals surface area contributed by atoms with Gasteiger partial charge in [0.1, 0.15) is 0 Å². The Hall–Kier alpha value is -2.78. The van der Waals surface area contributed by atoms with E-state index in [1.807, 2.05) is 0 Å². The van der Waals surface area contributed by atoms with Gasteiger partial charge >= 0.3 is 12.4 Å². The van der Waals surface area contributed by atoms with Crippen LogP contribution in [0.15, 0.2) is 36.4 Å². The number of halogens is 6. The van der Waals surface area contributed by atoms with Gasteiger partial charge in [0.2, 0.25) is 0 Å². The van der Waals surface area contributed by atoms with E-state index >= 15 is 0 Å². The van der Waals surface area contributed by atoms with Crippen molar-refractivity contribution in [3.8, 4) is 0 Å². The second-order valence-corrected chi connectivity index (χ2v) is 5.01. The maximum Gasteiger partial charge on any atom is 0.416 e. The molecule has 1 aromatic heterocycles. The molecule has 0 amide bonds. The molecule has 0 aliphatic heterocycles. The number of benzene rings is 2. The second kappa shape index (κ2) is 4.86. The van der Waals surface area contributed by atoms with Crippen molar-refractivity contribution in [3.63, 3.8) is 0 Å². The molecule has 10 heteroatoms. The number of aromatic nitrogens is 2. The summed E-state index contributed by atoms with van der Waals surface area (Å²) >= 11 is 0. The van der Waals surface area contributed by atoms with Gasteiger partial charge in [-0.2, -0.15) is 26.3 Å². The van der Waals surface area contributed by atoms with Crippen molar-refractivity contribution in [1.29, 1.82) is 0 Å². The molecule has 0 spiro atoms. The maximum atomic E-state index is 12.7. The Morgan fingerprint density at radius 2 is 0.958 bits per heavy atom. The minimum atomic E-state index is -4.73. The molecule has 0 fully saturated rings. The normalized spacial score (nSPS) is 12.9. The summed E-state index contributed by atoms with van der Waals surface area (Å²) in [6.07, 6.45) is -9.46. The highest BCUT2D eigenvalue weighted by atomic mass is 19.4. The van der Waals surface area contributed by atoms with Gasteiger partial charge in [-0.15, -0.1) is 0 Å². The van der Waals surface area contributed by atoms with Crippen LogP contribution in [0.3, 0.4) is 0 Å². The van der Waals surface area contributed by atoms with Gasteiger partial charge in [-0.25, -0.2) is 0 Å². The van der Waals surface area contributed by atoms with Gasteiger partial charge in [0, 0.05) is 12.1 Å². The average Bonchev–Trinajstić information content (AvgIpc) is 2.49. The molecule has 3 rings (SSSR count). The standard InChI is InChI=1S/C14H6F6N2O2/c15-13(16,17)7-1-3-9-10-4-2-8(14(18,19)20)6-12(10)22(24)21(23)11(9)5-7/h1-6H. The van der Waals surface area contributed by atoms with Crippen LogP contribution in [0.1, 0.15) is 11.1 Å². The predicted octanol–water partition coefficient (Wildman–Crippen LogP) is 3.30. The summed E-state index contributed by atoms with van der Waals surface area (Å²) in [6.45, 7) is 0. The van der Waals surface area contributed by atoms with Crippen LogP contribution in [0.4, 0.5) is 26.3 Å². The van der Waals surface area contributed by atoms with E-state index in [0.29, 0.717) is 24.3 Å². The molecule has 0 unspecified atom stereocenters. The van der Waals surface area contributed by atoms with Crippen molar-refractivity contribution in [2.45, 2.75) is 12.4 Å².